The summed E-state index contributed by atoms with van der Waals surface area (Å²) in [7, 11) is 0. The van der Waals surface area contributed by atoms with E-state index in [1.807, 2.05) is 54.6 Å². The number of ether oxygens (including phenoxy) is 2. The molecular weight excluding hydrogens is 536 g/mol. The molecule has 0 fully saturated rings. The van der Waals surface area contributed by atoms with E-state index in [1.165, 1.54) is 16.2 Å². The van der Waals surface area contributed by atoms with Crippen LogP contribution in [0.5, 0.6) is 11.5 Å². The predicted octanol–water partition coefficient (Wildman–Crippen LogP) is 6.97. The number of fused-ring (bicyclic) bond motifs is 1. The molecular formula is C33H30N2O5S. The zero-order valence-electron chi connectivity index (χ0n) is 23.3. The minimum atomic E-state index is -0.853. The van der Waals surface area contributed by atoms with Crippen molar-refractivity contribution >= 4 is 28.7 Å². The standard InChI is InChI=1S/C33H30N2O5S/c1-19-30(41-31(34-19)21-8-6-5-7-9-21)28(36)26-27(20-10-12-22(13-11-20)33(2,3)4)35(32(38)29(26)37)23-14-15-24-25(18-23)40-17-16-39-24/h5-15,18,27,37H,16-17H2,1-4H3. The molecule has 2 aliphatic rings. The highest BCUT2D eigenvalue weighted by Crippen LogP contribution is 2.45. The number of benzene rings is 3. The van der Waals surface area contributed by atoms with Crippen LogP contribution in [0.15, 0.2) is 84.1 Å². The van der Waals surface area contributed by atoms with Gasteiger partial charge in [-0.2, -0.15) is 0 Å². The second-order valence-electron chi connectivity index (χ2n) is 11.2. The van der Waals surface area contributed by atoms with E-state index in [0.717, 1.165) is 11.1 Å². The first-order valence-electron chi connectivity index (χ1n) is 13.5. The first-order valence-corrected chi connectivity index (χ1v) is 14.3. The number of aliphatic hydroxyl groups is 1. The molecule has 0 radical (unpaired) electrons. The molecule has 1 unspecified atom stereocenters. The maximum Gasteiger partial charge on any atom is 0.294 e. The number of hydrogen-bond acceptors (Lipinski definition) is 7. The lowest BCUT2D eigenvalue weighted by molar-refractivity contribution is -0.117. The average Bonchev–Trinajstić information content (AvgIpc) is 3.49. The van der Waals surface area contributed by atoms with Crippen molar-refractivity contribution in [3.05, 3.63) is 106 Å². The van der Waals surface area contributed by atoms with Crippen LogP contribution in [0.25, 0.3) is 10.6 Å². The Hall–Kier alpha value is -4.43. The number of thiazole rings is 1. The zero-order valence-corrected chi connectivity index (χ0v) is 24.1. The molecule has 7 nitrogen and oxygen atoms in total. The summed E-state index contributed by atoms with van der Waals surface area (Å²) in [5.41, 5.74) is 3.70. The number of aromatic nitrogens is 1. The van der Waals surface area contributed by atoms with Crippen LogP contribution < -0.4 is 14.4 Å². The number of nitrogens with zero attached hydrogens (tertiary/aromatic N) is 2. The number of amides is 1. The molecule has 0 saturated carbocycles. The van der Waals surface area contributed by atoms with Crippen molar-refractivity contribution in [2.75, 3.05) is 18.1 Å². The van der Waals surface area contributed by atoms with Gasteiger partial charge >= 0.3 is 0 Å². The topological polar surface area (TPSA) is 89.0 Å². The molecule has 4 aromatic rings. The molecule has 0 saturated heterocycles. The average molecular weight is 567 g/mol. The largest absolute Gasteiger partial charge is 0.503 e. The Morgan fingerprint density at radius 1 is 0.976 bits per heavy atom. The van der Waals surface area contributed by atoms with E-state index in [2.05, 4.69) is 25.8 Å². The lowest BCUT2D eigenvalue weighted by atomic mass is 9.85. The highest BCUT2D eigenvalue weighted by molar-refractivity contribution is 7.17. The van der Waals surface area contributed by atoms with E-state index in [1.54, 1.807) is 25.1 Å². The first kappa shape index (κ1) is 26.8. The number of anilines is 1. The Morgan fingerprint density at radius 3 is 2.34 bits per heavy atom. The number of carbonyl (C=O) groups is 2. The van der Waals surface area contributed by atoms with Crippen molar-refractivity contribution in [2.24, 2.45) is 0 Å². The fraction of sp³-hybridized carbons (Fsp3) is 0.242. The summed E-state index contributed by atoms with van der Waals surface area (Å²) in [5, 5.41) is 12.0. The molecule has 0 aliphatic carbocycles. The van der Waals surface area contributed by atoms with Gasteiger partial charge in [0.15, 0.2) is 17.3 Å². The van der Waals surface area contributed by atoms with Gasteiger partial charge in [0.2, 0.25) is 5.78 Å². The highest BCUT2D eigenvalue weighted by atomic mass is 32.1. The Balaban J connectivity index is 1.46. The van der Waals surface area contributed by atoms with Crippen LogP contribution in [0, 0.1) is 6.92 Å². The number of hydrogen-bond donors (Lipinski definition) is 1. The van der Waals surface area contributed by atoms with Gasteiger partial charge in [-0.25, -0.2) is 4.98 Å². The quantitative estimate of drug-likeness (QED) is 0.263. The molecule has 208 valence electrons. The van der Waals surface area contributed by atoms with Crippen LogP contribution in [0.3, 0.4) is 0 Å². The molecule has 1 aromatic heterocycles. The molecule has 1 atom stereocenters. The van der Waals surface area contributed by atoms with E-state index < -0.39 is 23.5 Å². The third kappa shape index (κ3) is 4.78. The number of carbonyl (C=O) groups excluding carboxylic acids is 2. The van der Waals surface area contributed by atoms with Crippen LogP contribution >= 0.6 is 11.3 Å². The second-order valence-corrected chi connectivity index (χ2v) is 12.2. The van der Waals surface area contributed by atoms with Crippen molar-refractivity contribution in [2.45, 2.75) is 39.2 Å². The number of aryl methyl sites for hydroxylation is 1. The summed E-state index contributed by atoms with van der Waals surface area (Å²) in [5.74, 6) is -0.546. The van der Waals surface area contributed by atoms with Crippen LogP contribution in [0.2, 0.25) is 0 Å². The van der Waals surface area contributed by atoms with E-state index in [0.29, 0.717) is 51.5 Å². The minimum Gasteiger partial charge on any atom is -0.503 e. The molecule has 1 amide bonds. The highest BCUT2D eigenvalue weighted by Gasteiger charge is 2.45. The van der Waals surface area contributed by atoms with Gasteiger partial charge in [-0.05, 0) is 35.6 Å². The number of aliphatic hydroxyl groups excluding tert-OH is 1. The van der Waals surface area contributed by atoms with Crippen LogP contribution in [0.1, 0.15) is 53.3 Å². The third-order valence-corrected chi connectivity index (χ3v) is 8.58. The molecule has 6 rings (SSSR count). The molecule has 1 N–H and O–H groups in total. The fourth-order valence-electron chi connectivity index (χ4n) is 5.20. The molecule has 41 heavy (non-hydrogen) atoms. The summed E-state index contributed by atoms with van der Waals surface area (Å²) in [6.07, 6.45) is 0. The lowest BCUT2D eigenvalue weighted by Gasteiger charge is -2.29. The molecule has 0 bridgehead atoms. The second kappa shape index (κ2) is 10.2. The van der Waals surface area contributed by atoms with Crippen molar-refractivity contribution in [1.29, 1.82) is 0 Å². The summed E-state index contributed by atoms with van der Waals surface area (Å²) in [4.78, 5) is 34.4. The van der Waals surface area contributed by atoms with Crippen molar-refractivity contribution < 1.29 is 24.2 Å². The third-order valence-electron chi connectivity index (χ3n) is 7.37. The van der Waals surface area contributed by atoms with E-state index in [-0.39, 0.29) is 11.0 Å². The maximum atomic E-state index is 14.2. The molecule has 2 aliphatic heterocycles. The zero-order chi connectivity index (χ0) is 28.9. The van der Waals surface area contributed by atoms with Gasteiger partial charge < -0.3 is 14.6 Å². The Kier molecular flexibility index (Phi) is 6.66. The molecule has 8 heteroatoms. The molecule has 3 aromatic carbocycles. The SMILES string of the molecule is Cc1nc(-c2ccccc2)sc1C(=O)C1=C(O)C(=O)N(c2ccc3c(c2)OCCO3)C1c1ccc(C(C)(C)C)cc1. The Labute approximate surface area is 242 Å². The summed E-state index contributed by atoms with van der Waals surface area (Å²) < 4.78 is 11.4. The summed E-state index contributed by atoms with van der Waals surface area (Å²) >= 11 is 1.26. The van der Waals surface area contributed by atoms with E-state index in [9.17, 15) is 14.7 Å². The van der Waals surface area contributed by atoms with Crippen LogP contribution in [0.4, 0.5) is 5.69 Å². The first-order chi connectivity index (χ1) is 19.6. The van der Waals surface area contributed by atoms with Gasteiger partial charge in [0.25, 0.3) is 5.91 Å². The lowest BCUT2D eigenvalue weighted by Crippen LogP contribution is -2.31. The van der Waals surface area contributed by atoms with Crippen molar-refractivity contribution in [3.63, 3.8) is 0 Å². The van der Waals surface area contributed by atoms with Gasteiger partial charge in [-0.3, -0.25) is 14.5 Å². The van der Waals surface area contributed by atoms with Gasteiger partial charge in [-0.15, -0.1) is 11.3 Å². The molecule has 0 spiro atoms. The monoisotopic (exact) mass is 566 g/mol. The van der Waals surface area contributed by atoms with Gasteiger partial charge in [-0.1, -0.05) is 75.4 Å². The van der Waals surface area contributed by atoms with Crippen LogP contribution in [-0.4, -0.2) is 35.0 Å². The predicted molar refractivity (Wildman–Crippen MR) is 159 cm³/mol. The van der Waals surface area contributed by atoms with Crippen molar-refractivity contribution in [3.8, 4) is 22.1 Å². The van der Waals surface area contributed by atoms with Gasteiger partial charge in [0.1, 0.15) is 18.2 Å². The number of ketones is 1. The molecule has 3 heterocycles. The van der Waals surface area contributed by atoms with Crippen LogP contribution in [-0.2, 0) is 10.2 Å². The maximum absolute atomic E-state index is 14.2. The summed E-state index contributed by atoms with van der Waals surface area (Å²) in [6.45, 7) is 8.98. The normalized spacial score (nSPS) is 16.8. The Bertz CT molecular complexity index is 1680. The van der Waals surface area contributed by atoms with Crippen molar-refractivity contribution in [1.82, 2.24) is 4.98 Å². The Morgan fingerprint density at radius 2 is 1.66 bits per heavy atom. The fourth-order valence-corrected chi connectivity index (χ4v) is 6.23. The number of Topliss-reactive ketones (excluding diaryl/α,β-unsaturated/α-hetero) is 1. The van der Waals surface area contributed by atoms with E-state index in [4.69, 9.17) is 9.47 Å². The smallest absolute Gasteiger partial charge is 0.294 e. The van der Waals surface area contributed by atoms with Gasteiger partial charge in [0.05, 0.1) is 22.2 Å². The minimum absolute atomic E-state index is 0.0276. The summed E-state index contributed by atoms with van der Waals surface area (Å²) in [6, 6.07) is 21.8. The van der Waals surface area contributed by atoms with E-state index >= 15 is 0 Å². The van der Waals surface area contributed by atoms with Gasteiger partial charge in [0, 0.05) is 17.3 Å². The number of rotatable bonds is 5.